The molecular formula is C20H22F4N4O3. The summed E-state index contributed by atoms with van der Waals surface area (Å²) in [5.41, 5.74) is -0.411. The van der Waals surface area contributed by atoms with Gasteiger partial charge in [0.05, 0.1) is 18.0 Å². The number of hydrogen-bond acceptors (Lipinski definition) is 6. The highest BCUT2D eigenvalue weighted by atomic mass is 19.4. The molecule has 1 aromatic heterocycles. The van der Waals surface area contributed by atoms with E-state index in [4.69, 9.17) is 4.74 Å². The summed E-state index contributed by atoms with van der Waals surface area (Å²) in [5, 5.41) is 3.30. The summed E-state index contributed by atoms with van der Waals surface area (Å²) in [5.74, 6) is -2.56. The van der Waals surface area contributed by atoms with E-state index in [1.807, 2.05) is 20.9 Å². The molecule has 0 saturated carbocycles. The fraction of sp³-hybridized carbons (Fsp3) is 0.550. The lowest BCUT2D eigenvalue weighted by molar-refractivity contribution is -0.159. The topological polar surface area (TPSA) is 71.7 Å². The van der Waals surface area contributed by atoms with Gasteiger partial charge in [0.2, 0.25) is 11.7 Å². The summed E-state index contributed by atoms with van der Waals surface area (Å²) in [6, 6.07) is 2.08. The van der Waals surface area contributed by atoms with E-state index >= 15 is 4.39 Å². The first kappa shape index (κ1) is 21.5. The summed E-state index contributed by atoms with van der Waals surface area (Å²) in [7, 11) is 1.95. The first-order chi connectivity index (χ1) is 14.5. The van der Waals surface area contributed by atoms with Crippen molar-refractivity contribution < 1.29 is 31.6 Å². The maximum atomic E-state index is 15.0. The van der Waals surface area contributed by atoms with Crippen molar-refractivity contribution in [2.45, 2.75) is 39.0 Å². The van der Waals surface area contributed by atoms with Crippen molar-refractivity contribution in [2.75, 3.05) is 26.7 Å². The Hall–Kier alpha value is -2.69. The lowest BCUT2D eigenvalue weighted by Gasteiger charge is -2.34. The highest BCUT2D eigenvalue weighted by Gasteiger charge is 2.44. The van der Waals surface area contributed by atoms with E-state index < -0.39 is 29.1 Å². The minimum Gasteiger partial charge on any atom is -0.491 e. The molecule has 1 amide bonds. The van der Waals surface area contributed by atoms with Gasteiger partial charge < -0.3 is 19.1 Å². The predicted octanol–water partition coefficient (Wildman–Crippen LogP) is 3.35. The molecule has 2 aliphatic heterocycles. The molecule has 11 heteroatoms. The summed E-state index contributed by atoms with van der Waals surface area (Å²) < 4.78 is 63.2. The Balaban J connectivity index is 1.65. The number of ether oxygens (including phenoxy) is 1. The summed E-state index contributed by atoms with van der Waals surface area (Å²) >= 11 is 0. The number of rotatable bonds is 2. The standard InChI is InChI=1S/C20H22F4N4O3/c1-11-9-30-15-7-12(16-25-17(31-26-16)20(22,23)24)6-14(21)13(15)8-28(11)18(29)19(2)4-5-27(3)10-19/h6-7,11H,4-5,8-10H2,1-3H3/t11-,19-/m0/s1. The zero-order chi connectivity index (χ0) is 22.6. The van der Waals surface area contributed by atoms with Crippen LogP contribution < -0.4 is 4.74 Å². The fourth-order valence-electron chi connectivity index (χ4n) is 4.09. The Bertz CT molecular complexity index is 1010. The molecule has 0 unspecified atom stereocenters. The number of carbonyl (C=O) groups excluding carboxylic acids is 1. The predicted molar refractivity (Wildman–Crippen MR) is 100 cm³/mol. The van der Waals surface area contributed by atoms with Gasteiger partial charge in [-0.1, -0.05) is 5.16 Å². The smallest absolute Gasteiger partial charge is 0.471 e. The van der Waals surface area contributed by atoms with Crippen LogP contribution >= 0.6 is 0 Å². The van der Waals surface area contributed by atoms with E-state index in [2.05, 4.69) is 19.6 Å². The van der Waals surface area contributed by atoms with Gasteiger partial charge in [-0.2, -0.15) is 18.2 Å². The van der Waals surface area contributed by atoms with Crippen LogP contribution in [0, 0.1) is 11.2 Å². The molecule has 2 atom stereocenters. The quantitative estimate of drug-likeness (QED) is 0.665. The van der Waals surface area contributed by atoms with Crippen molar-refractivity contribution >= 4 is 5.91 Å². The Morgan fingerprint density at radius 3 is 2.68 bits per heavy atom. The molecule has 0 radical (unpaired) electrons. The Labute approximate surface area is 175 Å². The molecule has 4 rings (SSSR count). The molecule has 0 aliphatic carbocycles. The van der Waals surface area contributed by atoms with E-state index in [0.29, 0.717) is 13.0 Å². The molecule has 1 aromatic carbocycles. The van der Waals surface area contributed by atoms with Crippen molar-refractivity contribution in [3.8, 4) is 17.1 Å². The molecule has 0 bridgehead atoms. The van der Waals surface area contributed by atoms with E-state index in [9.17, 15) is 18.0 Å². The van der Waals surface area contributed by atoms with Crippen molar-refractivity contribution in [2.24, 2.45) is 5.41 Å². The van der Waals surface area contributed by atoms with E-state index in [-0.39, 0.29) is 42.0 Å². The summed E-state index contributed by atoms with van der Waals surface area (Å²) in [6.45, 7) is 5.27. The van der Waals surface area contributed by atoms with Crippen LogP contribution in [0.4, 0.5) is 17.6 Å². The second-order valence-electron chi connectivity index (χ2n) is 8.50. The van der Waals surface area contributed by atoms with E-state index in [1.54, 1.807) is 4.90 Å². The van der Waals surface area contributed by atoms with Crippen LogP contribution in [0.15, 0.2) is 16.7 Å². The molecule has 168 valence electrons. The molecule has 2 aliphatic rings. The first-order valence-electron chi connectivity index (χ1n) is 9.84. The van der Waals surface area contributed by atoms with Crippen molar-refractivity contribution in [1.29, 1.82) is 0 Å². The number of halogens is 4. The highest BCUT2D eigenvalue weighted by molar-refractivity contribution is 5.83. The van der Waals surface area contributed by atoms with Crippen LogP contribution in [0.5, 0.6) is 5.75 Å². The summed E-state index contributed by atoms with van der Waals surface area (Å²) in [6.07, 6.45) is -4.09. The maximum absolute atomic E-state index is 15.0. The number of amides is 1. The average molecular weight is 442 g/mol. The Morgan fingerprint density at radius 1 is 1.32 bits per heavy atom. The van der Waals surface area contributed by atoms with Crippen molar-refractivity contribution in [3.63, 3.8) is 0 Å². The zero-order valence-electron chi connectivity index (χ0n) is 17.3. The van der Waals surface area contributed by atoms with Crippen LogP contribution in [0.1, 0.15) is 31.7 Å². The highest BCUT2D eigenvalue weighted by Crippen LogP contribution is 2.37. The normalized spacial score (nSPS) is 24.6. The average Bonchev–Trinajstić information content (AvgIpc) is 3.28. The molecule has 1 fully saturated rings. The molecule has 7 nitrogen and oxygen atoms in total. The summed E-state index contributed by atoms with van der Waals surface area (Å²) in [4.78, 5) is 20.3. The van der Waals surface area contributed by atoms with Gasteiger partial charge in [-0.15, -0.1) is 0 Å². The maximum Gasteiger partial charge on any atom is 0.471 e. The second kappa shape index (κ2) is 7.47. The number of benzene rings is 1. The second-order valence-corrected chi connectivity index (χ2v) is 8.50. The van der Waals surface area contributed by atoms with Crippen molar-refractivity contribution in [3.05, 3.63) is 29.4 Å². The van der Waals surface area contributed by atoms with Crippen LogP contribution in [-0.2, 0) is 17.5 Å². The number of aromatic nitrogens is 2. The third-order valence-electron chi connectivity index (χ3n) is 5.86. The van der Waals surface area contributed by atoms with Gasteiger partial charge in [-0.05, 0) is 46.0 Å². The van der Waals surface area contributed by atoms with Gasteiger partial charge in [0.1, 0.15) is 18.2 Å². The molecular weight excluding hydrogens is 420 g/mol. The lowest BCUT2D eigenvalue weighted by Crippen LogP contribution is -2.48. The van der Waals surface area contributed by atoms with E-state index in [0.717, 1.165) is 12.6 Å². The van der Waals surface area contributed by atoms with Gasteiger partial charge in [0, 0.05) is 17.7 Å². The number of hydrogen-bond donors (Lipinski definition) is 0. The fourth-order valence-corrected chi connectivity index (χ4v) is 4.09. The number of carbonyl (C=O) groups is 1. The third kappa shape index (κ3) is 3.98. The number of likely N-dealkylation sites (tertiary alicyclic amines) is 1. The van der Waals surface area contributed by atoms with Crippen LogP contribution in [0.3, 0.4) is 0 Å². The minimum absolute atomic E-state index is 0.000790. The van der Waals surface area contributed by atoms with Crippen LogP contribution in [-0.4, -0.2) is 58.6 Å². The first-order valence-corrected chi connectivity index (χ1v) is 9.84. The Morgan fingerprint density at radius 2 is 2.06 bits per heavy atom. The van der Waals surface area contributed by atoms with Crippen molar-refractivity contribution in [1.82, 2.24) is 19.9 Å². The lowest BCUT2D eigenvalue weighted by atomic mass is 9.87. The zero-order valence-corrected chi connectivity index (χ0v) is 17.3. The number of nitrogens with zero attached hydrogens (tertiary/aromatic N) is 4. The third-order valence-corrected chi connectivity index (χ3v) is 5.86. The van der Waals surface area contributed by atoms with Gasteiger partial charge in [0.15, 0.2) is 0 Å². The van der Waals surface area contributed by atoms with E-state index in [1.165, 1.54) is 6.07 Å². The van der Waals surface area contributed by atoms with Crippen LogP contribution in [0.2, 0.25) is 0 Å². The molecule has 1 saturated heterocycles. The van der Waals surface area contributed by atoms with Crippen LogP contribution in [0.25, 0.3) is 11.4 Å². The molecule has 0 N–H and O–H groups in total. The number of alkyl halides is 3. The Kier molecular flexibility index (Phi) is 5.19. The number of fused-ring (bicyclic) bond motifs is 1. The van der Waals surface area contributed by atoms with Gasteiger partial charge in [-0.25, -0.2) is 4.39 Å². The van der Waals surface area contributed by atoms with Gasteiger partial charge in [0.25, 0.3) is 0 Å². The largest absolute Gasteiger partial charge is 0.491 e. The SMILES string of the molecule is C[C@H]1COc2cc(-c3noc(C(F)(F)F)n3)cc(F)c2CN1C(=O)[C@@]1(C)CCN(C)C1. The molecule has 3 heterocycles. The molecule has 2 aromatic rings. The molecule has 31 heavy (non-hydrogen) atoms. The monoisotopic (exact) mass is 442 g/mol. The minimum atomic E-state index is -4.80. The molecule has 0 spiro atoms. The van der Waals surface area contributed by atoms with Gasteiger partial charge >= 0.3 is 12.1 Å². The van der Waals surface area contributed by atoms with Gasteiger partial charge in [-0.3, -0.25) is 4.79 Å².